The van der Waals surface area contributed by atoms with E-state index in [0.717, 1.165) is 24.2 Å². The van der Waals surface area contributed by atoms with Crippen LogP contribution in [0.5, 0.6) is 5.88 Å². The number of rotatable bonds is 5. The van der Waals surface area contributed by atoms with Crippen molar-refractivity contribution in [1.82, 2.24) is 19.7 Å². The summed E-state index contributed by atoms with van der Waals surface area (Å²) in [5.41, 5.74) is 8.64. The van der Waals surface area contributed by atoms with Gasteiger partial charge < -0.3 is 10.5 Å². The Morgan fingerprint density at radius 3 is 2.60 bits per heavy atom. The first-order chi connectivity index (χ1) is 9.56. The van der Waals surface area contributed by atoms with Crippen molar-refractivity contribution in [1.29, 1.82) is 0 Å². The van der Waals surface area contributed by atoms with E-state index >= 15 is 0 Å². The summed E-state index contributed by atoms with van der Waals surface area (Å²) in [6, 6.07) is 2.07. The molecule has 0 bridgehead atoms. The zero-order chi connectivity index (χ0) is 14.7. The Balaban J connectivity index is 2.49. The van der Waals surface area contributed by atoms with E-state index in [1.165, 1.54) is 6.33 Å². The van der Waals surface area contributed by atoms with Crippen LogP contribution in [0.3, 0.4) is 0 Å². The Kier molecular flexibility index (Phi) is 4.22. The lowest BCUT2D eigenvalue weighted by molar-refractivity contribution is 0.233. The predicted molar refractivity (Wildman–Crippen MR) is 78.1 cm³/mol. The first kappa shape index (κ1) is 14.3. The fourth-order valence-corrected chi connectivity index (χ4v) is 1.94. The minimum Gasteiger partial charge on any atom is -0.473 e. The van der Waals surface area contributed by atoms with Gasteiger partial charge in [0.2, 0.25) is 5.88 Å². The van der Waals surface area contributed by atoms with Crippen molar-refractivity contribution in [3.05, 3.63) is 23.8 Å². The number of aryl methyl sites for hydroxylation is 2. The number of nitrogens with zero attached hydrogens (tertiary/aromatic N) is 4. The van der Waals surface area contributed by atoms with Crippen molar-refractivity contribution in [3.63, 3.8) is 0 Å². The SMILES string of the molecule is CCc1cc(CC)n(-c2ncnc(OC(C)C)c2N)n1. The quantitative estimate of drug-likeness (QED) is 0.904. The summed E-state index contributed by atoms with van der Waals surface area (Å²) in [5, 5.41) is 4.54. The van der Waals surface area contributed by atoms with Gasteiger partial charge in [-0.15, -0.1) is 0 Å². The van der Waals surface area contributed by atoms with E-state index in [0.29, 0.717) is 17.4 Å². The van der Waals surface area contributed by atoms with E-state index in [1.807, 2.05) is 13.8 Å². The molecule has 2 N–H and O–H groups in total. The molecule has 0 fully saturated rings. The van der Waals surface area contributed by atoms with Gasteiger partial charge in [-0.25, -0.2) is 9.67 Å². The van der Waals surface area contributed by atoms with E-state index in [9.17, 15) is 0 Å². The minimum absolute atomic E-state index is 0.00881. The fraction of sp³-hybridized carbons (Fsp3) is 0.500. The lowest BCUT2D eigenvalue weighted by Crippen LogP contribution is -2.13. The number of nitrogen functional groups attached to an aromatic ring is 1. The highest BCUT2D eigenvalue weighted by molar-refractivity contribution is 5.60. The Morgan fingerprint density at radius 1 is 1.25 bits per heavy atom. The van der Waals surface area contributed by atoms with Crippen molar-refractivity contribution in [2.45, 2.75) is 46.6 Å². The number of nitrogens with two attached hydrogens (primary N) is 1. The van der Waals surface area contributed by atoms with Crippen molar-refractivity contribution >= 4 is 5.69 Å². The van der Waals surface area contributed by atoms with Crippen LogP contribution in [0.1, 0.15) is 39.1 Å². The van der Waals surface area contributed by atoms with Gasteiger partial charge in [0.1, 0.15) is 12.0 Å². The van der Waals surface area contributed by atoms with Crippen LogP contribution in [0.4, 0.5) is 5.69 Å². The maximum absolute atomic E-state index is 6.13. The number of ether oxygens (including phenoxy) is 1. The molecule has 2 aromatic rings. The summed E-state index contributed by atoms with van der Waals surface area (Å²) in [6.45, 7) is 8.02. The molecule has 0 amide bonds. The molecule has 108 valence electrons. The van der Waals surface area contributed by atoms with Gasteiger partial charge >= 0.3 is 0 Å². The maximum atomic E-state index is 6.13. The third kappa shape index (κ3) is 2.74. The molecule has 6 nitrogen and oxygen atoms in total. The topological polar surface area (TPSA) is 78.8 Å². The van der Waals surface area contributed by atoms with Crippen molar-refractivity contribution in [2.24, 2.45) is 0 Å². The third-order valence-corrected chi connectivity index (χ3v) is 2.93. The summed E-state index contributed by atoms with van der Waals surface area (Å²) in [4.78, 5) is 8.34. The highest BCUT2D eigenvalue weighted by Gasteiger charge is 2.16. The lowest BCUT2D eigenvalue weighted by Gasteiger charge is -2.13. The summed E-state index contributed by atoms with van der Waals surface area (Å²) < 4.78 is 7.38. The predicted octanol–water partition coefficient (Wildman–Crippen LogP) is 2.16. The standard InChI is InChI=1S/C14H21N5O/c1-5-10-7-11(6-2)19(18-10)13-12(15)14(17-8-16-13)20-9(3)4/h7-9H,5-6,15H2,1-4H3. The molecule has 0 aliphatic carbocycles. The molecule has 6 heteroatoms. The van der Waals surface area contributed by atoms with Gasteiger partial charge in [-0.05, 0) is 32.8 Å². The molecule has 0 aromatic carbocycles. The van der Waals surface area contributed by atoms with Crippen LogP contribution < -0.4 is 10.5 Å². The second-order valence-electron chi connectivity index (χ2n) is 4.83. The van der Waals surface area contributed by atoms with Crippen molar-refractivity contribution in [3.8, 4) is 11.7 Å². The van der Waals surface area contributed by atoms with Crippen LogP contribution >= 0.6 is 0 Å². The molecule has 0 saturated carbocycles. The summed E-state index contributed by atoms with van der Waals surface area (Å²) in [5.74, 6) is 0.979. The molecule has 0 saturated heterocycles. The Morgan fingerprint density at radius 2 is 2.00 bits per heavy atom. The summed E-state index contributed by atoms with van der Waals surface area (Å²) in [7, 11) is 0. The zero-order valence-corrected chi connectivity index (χ0v) is 12.4. The van der Waals surface area contributed by atoms with Gasteiger partial charge in [-0.2, -0.15) is 10.1 Å². The molecular weight excluding hydrogens is 254 g/mol. The highest BCUT2D eigenvalue weighted by atomic mass is 16.5. The molecule has 0 aliphatic rings. The van der Waals surface area contributed by atoms with Crippen LogP contribution in [-0.2, 0) is 12.8 Å². The van der Waals surface area contributed by atoms with Crippen LogP contribution in [0.15, 0.2) is 12.4 Å². The average molecular weight is 275 g/mol. The van der Waals surface area contributed by atoms with Gasteiger partial charge in [0.15, 0.2) is 5.82 Å². The van der Waals surface area contributed by atoms with E-state index in [-0.39, 0.29) is 6.10 Å². The first-order valence-corrected chi connectivity index (χ1v) is 6.92. The Hall–Kier alpha value is -2.11. The molecule has 0 radical (unpaired) electrons. The Bertz CT molecular complexity index is 591. The maximum Gasteiger partial charge on any atom is 0.242 e. The van der Waals surface area contributed by atoms with Crippen molar-refractivity contribution < 1.29 is 4.74 Å². The number of hydrogen-bond acceptors (Lipinski definition) is 5. The second-order valence-corrected chi connectivity index (χ2v) is 4.83. The van der Waals surface area contributed by atoms with Gasteiger partial charge in [0.25, 0.3) is 0 Å². The number of hydrogen-bond donors (Lipinski definition) is 1. The number of anilines is 1. The molecule has 0 aliphatic heterocycles. The first-order valence-electron chi connectivity index (χ1n) is 6.92. The molecule has 0 spiro atoms. The average Bonchev–Trinajstić information content (AvgIpc) is 2.84. The minimum atomic E-state index is 0.00881. The third-order valence-electron chi connectivity index (χ3n) is 2.93. The molecule has 20 heavy (non-hydrogen) atoms. The molecule has 0 unspecified atom stereocenters. The van der Waals surface area contributed by atoms with Gasteiger partial charge in [-0.3, -0.25) is 0 Å². The van der Waals surface area contributed by atoms with Gasteiger partial charge in [-0.1, -0.05) is 13.8 Å². The highest BCUT2D eigenvalue weighted by Crippen LogP contribution is 2.25. The van der Waals surface area contributed by atoms with Gasteiger partial charge in [0.05, 0.1) is 11.8 Å². The Labute approximate surface area is 119 Å². The fourth-order valence-electron chi connectivity index (χ4n) is 1.94. The monoisotopic (exact) mass is 275 g/mol. The smallest absolute Gasteiger partial charge is 0.242 e. The van der Waals surface area contributed by atoms with E-state index in [1.54, 1.807) is 4.68 Å². The zero-order valence-electron chi connectivity index (χ0n) is 12.4. The largest absolute Gasteiger partial charge is 0.473 e. The summed E-state index contributed by atoms with van der Waals surface area (Å²) >= 11 is 0. The van der Waals surface area contributed by atoms with E-state index in [2.05, 4.69) is 35.0 Å². The van der Waals surface area contributed by atoms with Crippen molar-refractivity contribution in [2.75, 3.05) is 5.73 Å². The van der Waals surface area contributed by atoms with Crippen LogP contribution in [0.2, 0.25) is 0 Å². The molecule has 2 heterocycles. The van der Waals surface area contributed by atoms with Crippen LogP contribution in [-0.4, -0.2) is 25.9 Å². The molecular formula is C14H21N5O. The van der Waals surface area contributed by atoms with Crippen LogP contribution in [0, 0.1) is 0 Å². The van der Waals surface area contributed by atoms with E-state index in [4.69, 9.17) is 10.5 Å². The molecule has 2 aromatic heterocycles. The van der Waals surface area contributed by atoms with E-state index < -0.39 is 0 Å². The second kappa shape index (κ2) is 5.90. The molecule has 2 rings (SSSR count). The number of aromatic nitrogens is 4. The lowest BCUT2D eigenvalue weighted by atomic mass is 10.2. The normalized spacial score (nSPS) is 11.1. The molecule has 0 atom stereocenters. The summed E-state index contributed by atoms with van der Waals surface area (Å²) in [6.07, 6.45) is 3.20. The van der Waals surface area contributed by atoms with Gasteiger partial charge in [0, 0.05) is 5.69 Å². The van der Waals surface area contributed by atoms with Crippen LogP contribution in [0.25, 0.3) is 5.82 Å².